The van der Waals surface area contributed by atoms with E-state index in [1.807, 2.05) is 6.07 Å². The fourth-order valence-electron chi connectivity index (χ4n) is 7.01. The lowest BCUT2D eigenvalue weighted by Gasteiger charge is -2.58. The van der Waals surface area contributed by atoms with Crippen molar-refractivity contribution in [3.8, 4) is 11.5 Å². The van der Waals surface area contributed by atoms with Crippen LogP contribution in [-0.2, 0) is 16.7 Å². The molecule has 0 spiro atoms. The molecule has 5 atom stereocenters. The molecule has 2 fully saturated rings. The van der Waals surface area contributed by atoms with Crippen LogP contribution in [0.25, 0.3) is 0 Å². The van der Waals surface area contributed by atoms with E-state index in [1.165, 1.54) is 19.1 Å². The highest BCUT2D eigenvalue weighted by Crippen LogP contribution is 2.63. The van der Waals surface area contributed by atoms with Crippen molar-refractivity contribution in [1.82, 2.24) is 0 Å². The van der Waals surface area contributed by atoms with Gasteiger partial charge in [-0.05, 0) is 97.3 Å². The first-order chi connectivity index (χ1) is 13.8. The fourth-order valence-corrected chi connectivity index (χ4v) is 7.39. The Morgan fingerprint density at radius 3 is 2.66 bits per heavy atom. The van der Waals surface area contributed by atoms with Crippen LogP contribution in [0.1, 0.15) is 68.9 Å². The summed E-state index contributed by atoms with van der Waals surface area (Å²) in [7, 11) is -2.60. The molecule has 0 bridgehead atoms. The van der Waals surface area contributed by atoms with Crippen molar-refractivity contribution >= 4 is 10.3 Å². The first-order valence-corrected chi connectivity index (χ1v) is 12.3. The molecule has 1 aromatic carbocycles. The lowest BCUT2D eigenvalue weighted by Crippen LogP contribution is -2.50. The van der Waals surface area contributed by atoms with E-state index in [0.717, 1.165) is 50.5 Å². The fraction of sp³-hybridized carbons (Fsp3) is 0.727. The average molecular weight is 426 g/mol. The second-order valence-corrected chi connectivity index (χ2v) is 10.3. The summed E-state index contributed by atoms with van der Waals surface area (Å²) in [5.41, 5.74) is 2.51. The van der Waals surface area contributed by atoms with Gasteiger partial charge >= 0.3 is 10.3 Å². The van der Waals surface area contributed by atoms with Gasteiger partial charge in [0, 0.05) is 0 Å². The molecule has 3 aliphatic rings. The van der Waals surface area contributed by atoms with Gasteiger partial charge in [0.25, 0.3) is 0 Å². The van der Waals surface area contributed by atoms with E-state index in [2.05, 4.69) is 6.92 Å². The average Bonchev–Trinajstić information content (AvgIpc) is 2.70. The molecule has 29 heavy (non-hydrogen) atoms. The van der Waals surface area contributed by atoms with E-state index < -0.39 is 10.3 Å². The summed E-state index contributed by atoms with van der Waals surface area (Å²) in [6.07, 6.45) is 8.47. The Morgan fingerprint density at radius 2 is 2.00 bits per heavy atom. The number of ether oxygens (including phenoxy) is 1. The van der Waals surface area contributed by atoms with Crippen molar-refractivity contribution in [2.75, 3.05) is 13.8 Å². The van der Waals surface area contributed by atoms with Crippen LogP contribution in [0.3, 0.4) is 0 Å². The summed E-state index contributed by atoms with van der Waals surface area (Å²) in [6.45, 7) is 2.05. The van der Waals surface area contributed by atoms with Gasteiger partial charge in [-0.25, -0.2) is 0 Å². The Hall–Kier alpha value is -1.34. The number of halogens is 1. The van der Waals surface area contributed by atoms with Crippen LogP contribution < -0.4 is 14.1 Å². The lowest BCUT2D eigenvalue weighted by atomic mass is 9.46. The molecule has 162 valence electrons. The molecular formula is C22H32FNO4S. The summed E-state index contributed by atoms with van der Waals surface area (Å²) >= 11 is 0. The first-order valence-electron chi connectivity index (χ1n) is 10.8. The first kappa shape index (κ1) is 20.9. The monoisotopic (exact) mass is 425 g/mol. The quantitative estimate of drug-likeness (QED) is 0.753. The van der Waals surface area contributed by atoms with Crippen LogP contribution >= 0.6 is 0 Å². The van der Waals surface area contributed by atoms with Crippen molar-refractivity contribution in [3.05, 3.63) is 23.3 Å². The molecule has 5 nitrogen and oxygen atoms in total. The molecule has 2 N–H and O–H groups in total. The van der Waals surface area contributed by atoms with Crippen molar-refractivity contribution in [1.29, 1.82) is 0 Å². The third kappa shape index (κ3) is 3.54. The molecule has 3 unspecified atom stereocenters. The van der Waals surface area contributed by atoms with Crippen molar-refractivity contribution in [3.63, 3.8) is 0 Å². The van der Waals surface area contributed by atoms with Crippen molar-refractivity contribution < 1.29 is 21.7 Å². The summed E-state index contributed by atoms with van der Waals surface area (Å²) in [4.78, 5) is 0. The van der Waals surface area contributed by atoms with E-state index in [9.17, 15) is 12.8 Å². The number of hydrogen-bond donors (Lipinski definition) is 1. The molecule has 4 rings (SSSR count). The molecule has 3 aliphatic carbocycles. The summed E-state index contributed by atoms with van der Waals surface area (Å²) < 4.78 is 47.2. The number of rotatable bonds is 5. The van der Waals surface area contributed by atoms with Gasteiger partial charge in [0.1, 0.15) is 0 Å². The van der Waals surface area contributed by atoms with E-state index in [-0.39, 0.29) is 23.8 Å². The number of aryl methyl sites for hydroxylation is 1. The van der Waals surface area contributed by atoms with Gasteiger partial charge in [-0.2, -0.15) is 13.6 Å². The molecule has 0 saturated heterocycles. The second-order valence-electron chi connectivity index (χ2n) is 9.10. The molecule has 0 amide bonds. The molecule has 0 radical (unpaired) electrons. The predicted molar refractivity (Wildman–Crippen MR) is 110 cm³/mol. The Balaban J connectivity index is 1.70. The molecule has 0 heterocycles. The second kappa shape index (κ2) is 7.73. The van der Waals surface area contributed by atoms with Crippen molar-refractivity contribution in [2.24, 2.45) is 28.3 Å². The molecular weight excluding hydrogens is 393 g/mol. The van der Waals surface area contributed by atoms with Gasteiger partial charge in [-0.15, -0.1) is 0 Å². The van der Waals surface area contributed by atoms with Gasteiger partial charge in [-0.3, -0.25) is 4.39 Å². The molecule has 2 saturated carbocycles. The molecule has 0 aliphatic heterocycles. The van der Waals surface area contributed by atoms with Crippen LogP contribution in [0.5, 0.6) is 11.5 Å². The minimum absolute atomic E-state index is 0.145. The van der Waals surface area contributed by atoms with Crippen molar-refractivity contribution in [2.45, 2.75) is 64.2 Å². The van der Waals surface area contributed by atoms with Crippen LogP contribution in [0.2, 0.25) is 0 Å². The van der Waals surface area contributed by atoms with Gasteiger partial charge in [0.2, 0.25) is 0 Å². The van der Waals surface area contributed by atoms with Gasteiger partial charge < -0.3 is 8.92 Å². The van der Waals surface area contributed by atoms with Gasteiger partial charge in [0.05, 0.1) is 13.8 Å². The summed E-state index contributed by atoms with van der Waals surface area (Å²) in [5, 5.41) is 5.07. The smallest absolute Gasteiger partial charge is 0.380 e. The molecule has 7 heteroatoms. The number of hydrogen-bond acceptors (Lipinski definition) is 4. The van der Waals surface area contributed by atoms with Crippen LogP contribution in [-0.4, -0.2) is 22.2 Å². The van der Waals surface area contributed by atoms with Crippen LogP contribution in [0.15, 0.2) is 12.1 Å². The summed E-state index contributed by atoms with van der Waals surface area (Å²) in [5.74, 6) is 2.30. The predicted octanol–water partition coefficient (Wildman–Crippen LogP) is 4.50. The number of nitrogens with two attached hydrogens (primary N) is 1. The van der Waals surface area contributed by atoms with Crippen LogP contribution in [0.4, 0.5) is 4.39 Å². The van der Waals surface area contributed by atoms with E-state index in [1.54, 1.807) is 6.07 Å². The maximum atomic E-state index is 13.9. The summed E-state index contributed by atoms with van der Waals surface area (Å²) in [6, 6.07) is 3.72. The Morgan fingerprint density at radius 1 is 1.21 bits per heavy atom. The third-order valence-corrected chi connectivity index (χ3v) is 8.61. The van der Waals surface area contributed by atoms with Gasteiger partial charge in [-0.1, -0.05) is 13.3 Å². The zero-order chi connectivity index (χ0) is 20.8. The largest absolute Gasteiger partial charge is 0.493 e. The van der Waals surface area contributed by atoms with E-state index >= 15 is 0 Å². The Bertz CT molecular complexity index is 874. The highest BCUT2D eigenvalue weighted by molar-refractivity contribution is 7.84. The zero-order valence-electron chi connectivity index (χ0n) is 17.3. The van der Waals surface area contributed by atoms with Crippen LogP contribution in [0, 0.1) is 23.2 Å². The van der Waals surface area contributed by atoms with E-state index in [4.69, 9.17) is 14.1 Å². The Kier molecular flexibility index (Phi) is 5.57. The lowest BCUT2D eigenvalue weighted by molar-refractivity contribution is -0.0734. The zero-order valence-corrected chi connectivity index (χ0v) is 18.1. The molecule has 1 aromatic rings. The molecule has 0 aromatic heterocycles. The maximum absolute atomic E-state index is 13.9. The van der Waals surface area contributed by atoms with E-state index in [0.29, 0.717) is 23.5 Å². The highest BCUT2D eigenvalue weighted by Gasteiger charge is 2.54. The number of methoxy groups -OCH3 is 1. The topological polar surface area (TPSA) is 78.6 Å². The minimum atomic E-state index is -4.11. The number of fused-ring (bicyclic) bond motifs is 5. The SMILES string of the molecule is CC[C@]12CCC3c4cc(OC)c(OS(N)(=O)=O)cc4CCC3C1CCC[C@@H]2CF. The third-order valence-electron chi connectivity index (χ3n) is 8.20. The number of alkyl halides is 1. The maximum Gasteiger partial charge on any atom is 0.380 e. The minimum Gasteiger partial charge on any atom is -0.493 e. The number of benzene rings is 1. The highest BCUT2D eigenvalue weighted by atomic mass is 32.2. The Labute approximate surface area is 173 Å². The normalized spacial score (nSPS) is 33.9. The van der Waals surface area contributed by atoms with Gasteiger partial charge in [0.15, 0.2) is 11.5 Å². The standard InChI is InChI=1S/C22H32FNO4S/c1-3-22-10-9-16-17(19(22)6-4-5-15(22)13-23)8-7-14-11-21(28-29(24,25)26)20(27-2)12-18(14)16/h11-12,15-17,19H,3-10,13H2,1-2H3,(H2,24,25,26)/t15-,16?,17?,19?,22-/m1/s1.